The Morgan fingerprint density at radius 2 is 1.07 bits per heavy atom. The summed E-state index contributed by atoms with van der Waals surface area (Å²) in [5.74, 6) is 0. The zero-order chi connectivity index (χ0) is 28.2. The van der Waals surface area contributed by atoms with Gasteiger partial charge in [-0.1, -0.05) is 78.9 Å². The lowest BCUT2D eigenvalue weighted by atomic mass is 9.86. The van der Waals surface area contributed by atoms with E-state index in [-0.39, 0.29) is 0 Å². The van der Waals surface area contributed by atoms with Gasteiger partial charge in [-0.25, -0.2) is 0 Å². The molecule has 0 bridgehead atoms. The number of nitrogens with zero attached hydrogens (tertiary/aromatic N) is 2. The predicted molar refractivity (Wildman–Crippen MR) is 167 cm³/mol. The molecule has 4 nitrogen and oxygen atoms in total. The van der Waals surface area contributed by atoms with Gasteiger partial charge in [-0.05, 0) is 59.2 Å². The van der Waals surface area contributed by atoms with Gasteiger partial charge in [0.05, 0.1) is 17.2 Å². The van der Waals surface area contributed by atoms with Crippen LogP contribution in [0.1, 0.15) is 11.1 Å². The van der Waals surface area contributed by atoms with E-state index in [2.05, 4.69) is 48.5 Å². The molecular formula is C38H20N2O2. The van der Waals surface area contributed by atoms with Crippen LogP contribution < -0.4 is 0 Å². The van der Waals surface area contributed by atoms with Gasteiger partial charge in [0.15, 0.2) is 0 Å². The van der Waals surface area contributed by atoms with Crippen molar-refractivity contribution < 1.29 is 8.83 Å². The summed E-state index contributed by atoms with van der Waals surface area (Å²) < 4.78 is 12.6. The van der Waals surface area contributed by atoms with Gasteiger partial charge < -0.3 is 8.83 Å². The molecule has 0 radical (unpaired) electrons. The third kappa shape index (κ3) is 3.53. The molecule has 6 aromatic carbocycles. The number of para-hydroxylation sites is 3. The second-order valence-electron chi connectivity index (χ2n) is 10.3. The molecular weight excluding hydrogens is 516 g/mol. The van der Waals surface area contributed by atoms with E-state index in [4.69, 9.17) is 8.83 Å². The molecule has 8 aromatic rings. The Morgan fingerprint density at radius 3 is 1.83 bits per heavy atom. The smallest absolute Gasteiger partial charge is 0.143 e. The quantitative estimate of drug-likeness (QED) is 0.225. The molecule has 0 aliphatic heterocycles. The minimum absolute atomic E-state index is 0.554. The highest BCUT2D eigenvalue weighted by Crippen LogP contribution is 2.44. The predicted octanol–water partition coefficient (Wildman–Crippen LogP) is 10.2. The number of fused-ring (bicyclic) bond motifs is 6. The Kier molecular flexibility index (Phi) is 5.22. The zero-order valence-corrected chi connectivity index (χ0v) is 22.3. The largest absolute Gasteiger partial charge is 0.456 e. The number of rotatable bonds is 3. The van der Waals surface area contributed by atoms with Crippen molar-refractivity contribution in [3.05, 3.63) is 132 Å². The van der Waals surface area contributed by atoms with Gasteiger partial charge in [0, 0.05) is 38.2 Å². The van der Waals surface area contributed by atoms with E-state index in [1.165, 1.54) is 0 Å². The fourth-order valence-corrected chi connectivity index (χ4v) is 6.05. The van der Waals surface area contributed by atoms with Crippen LogP contribution in [0.3, 0.4) is 0 Å². The Hall–Kier alpha value is -6.10. The molecule has 2 aromatic heterocycles. The van der Waals surface area contributed by atoms with Crippen molar-refractivity contribution in [2.75, 3.05) is 0 Å². The van der Waals surface area contributed by atoms with Crippen LogP contribution in [0.15, 0.2) is 130 Å². The molecule has 42 heavy (non-hydrogen) atoms. The van der Waals surface area contributed by atoms with Crippen LogP contribution in [0.2, 0.25) is 0 Å². The van der Waals surface area contributed by atoms with E-state index in [0.29, 0.717) is 11.1 Å². The van der Waals surface area contributed by atoms with Crippen molar-refractivity contribution in [3.8, 4) is 45.5 Å². The maximum Gasteiger partial charge on any atom is 0.143 e. The molecule has 0 saturated heterocycles. The van der Waals surface area contributed by atoms with Crippen LogP contribution >= 0.6 is 0 Å². The standard InChI is InChI=1S/C38H20N2O2/c39-21-23-15-17-24(18-16-23)25-19-31(27-9-6-14-36-37(27)30-8-2-4-13-35(30)41-36)33(22-40)32(20-25)29-11-5-10-28-26-7-1-3-12-34(26)42-38(28)29/h1-20H. The Balaban J connectivity index is 1.49. The SMILES string of the molecule is N#Cc1ccc(-c2cc(-c3cccc4c3oc3ccccc34)c(C#N)c(-c3cccc4oc5ccccc5c34)c2)cc1. The van der Waals surface area contributed by atoms with Gasteiger partial charge in [0.25, 0.3) is 0 Å². The Morgan fingerprint density at radius 1 is 0.452 bits per heavy atom. The molecule has 0 saturated carbocycles. The lowest BCUT2D eigenvalue weighted by molar-refractivity contribution is 0.669. The first-order valence-electron chi connectivity index (χ1n) is 13.6. The van der Waals surface area contributed by atoms with Gasteiger partial charge in [0.1, 0.15) is 28.4 Å². The molecule has 0 fully saturated rings. The van der Waals surface area contributed by atoms with Crippen LogP contribution in [0.25, 0.3) is 77.3 Å². The van der Waals surface area contributed by atoms with Gasteiger partial charge in [-0.15, -0.1) is 0 Å². The van der Waals surface area contributed by atoms with Crippen LogP contribution in [0.5, 0.6) is 0 Å². The van der Waals surface area contributed by atoms with Crippen molar-refractivity contribution in [2.24, 2.45) is 0 Å². The highest BCUT2D eigenvalue weighted by Gasteiger charge is 2.21. The van der Waals surface area contributed by atoms with Crippen molar-refractivity contribution in [1.82, 2.24) is 0 Å². The summed E-state index contributed by atoms with van der Waals surface area (Å²) in [6, 6.07) is 44.4. The van der Waals surface area contributed by atoms with E-state index < -0.39 is 0 Å². The fourth-order valence-electron chi connectivity index (χ4n) is 6.05. The average molecular weight is 537 g/mol. The molecule has 0 unspecified atom stereocenters. The fraction of sp³-hybridized carbons (Fsp3) is 0. The Bertz CT molecular complexity index is 2430. The molecule has 0 aliphatic rings. The first kappa shape index (κ1) is 23.8. The summed E-state index contributed by atoms with van der Waals surface area (Å²) in [6.45, 7) is 0. The van der Waals surface area contributed by atoms with Gasteiger partial charge in [-0.2, -0.15) is 10.5 Å². The summed E-state index contributed by atoms with van der Waals surface area (Å²) in [6.07, 6.45) is 0. The molecule has 0 spiro atoms. The molecule has 2 heterocycles. The minimum atomic E-state index is 0.554. The topological polar surface area (TPSA) is 73.9 Å². The minimum Gasteiger partial charge on any atom is -0.456 e. The maximum atomic E-state index is 10.8. The number of hydrogen-bond donors (Lipinski definition) is 0. The summed E-state index contributed by atoms with van der Waals surface area (Å²) >= 11 is 0. The molecule has 0 aliphatic carbocycles. The van der Waals surface area contributed by atoms with Gasteiger partial charge >= 0.3 is 0 Å². The number of furan rings is 2. The van der Waals surface area contributed by atoms with E-state index in [9.17, 15) is 10.5 Å². The summed E-state index contributed by atoms with van der Waals surface area (Å²) in [4.78, 5) is 0. The molecule has 0 atom stereocenters. The van der Waals surface area contributed by atoms with Crippen molar-refractivity contribution in [1.29, 1.82) is 10.5 Å². The summed E-state index contributed by atoms with van der Waals surface area (Å²) in [5.41, 5.74) is 9.49. The molecule has 0 N–H and O–H groups in total. The second-order valence-corrected chi connectivity index (χ2v) is 10.3. The summed E-state index contributed by atoms with van der Waals surface area (Å²) in [7, 11) is 0. The van der Waals surface area contributed by atoms with Crippen molar-refractivity contribution >= 4 is 43.9 Å². The first-order valence-corrected chi connectivity index (χ1v) is 13.6. The maximum absolute atomic E-state index is 10.8. The normalized spacial score (nSPS) is 11.3. The highest BCUT2D eigenvalue weighted by molar-refractivity contribution is 6.14. The van der Waals surface area contributed by atoms with E-state index in [1.807, 2.05) is 84.9 Å². The van der Waals surface area contributed by atoms with E-state index in [1.54, 1.807) is 0 Å². The first-order chi connectivity index (χ1) is 20.7. The number of benzene rings is 6. The molecule has 0 amide bonds. The van der Waals surface area contributed by atoms with Crippen molar-refractivity contribution in [2.45, 2.75) is 0 Å². The lowest BCUT2D eigenvalue weighted by Crippen LogP contribution is -1.94. The zero-order valence-electron chi connectivity index (χ0n) is 22.3. The van der Waals surface area contributed by atoms with Crippen LogP contribution in [0, 0.1) is 22.7 Å². The number of nitriles is 2. The van der Waals surface area contributed by atoms with E-state index in [0.717, 1.165) is 77.3 Å². The molecule has 194 valence electrons. The molecule has 4 heteroatoms. The average Bonchev–Trinajstić information content (AvgIpc) is 3.63. The second kappa shape index (κ2) is 9.24. The van der Waals surface area contributed by atoms with Crippen molar-refractivity contribution in [3.63, 3.8) is 0 Å². The third-order valence-corrected chi connectivity index (χ3v) is 7.98. The van der Waals surface area contributed by atoms with Crippen LogP contribution in [0.4, 0.5) is 0 Å². The lowest BCUT2D eigenvalue weighted by Gasteiger charge is -2.15. The summed E-state index contributed by atoms with van der Waals surface area (Å²) in [5, 5.41) is 24.1. The van der Waals surface area contributed by atoms with Crippen LogP contribution in [-0.4, -0.2) is 0 Å². The highest BCUT2D eigenvalue weighted by atomic mass is 16.3. The Labute approximate surface area is 240 Å². The monoisotopic (exact) mass is 536 g/mol. The van der Waals surface area contributed by atoms with Gasteiger partial charge in [0.2, 0.25) is 0 Å². The number of hydrogen-bond acceptors (Lipinski definition) is 4. The third-order valence-electron chi connectivity index (χ3n) is 7.98. The van der Waals surface area contributed by atoms with Crippen LogP contribution in [-0.2, 0) is 0 Å². The van der Waals surface area contributed by atoms with E-state index >= 15 is 0 Å². The molecule has 8 rings (SSSR count). The van der Waals surface area contributed by atoms with Gasteiger partial charge in [-0.3, -0.25) is 0 Å².